The normalized spacial score (nSPS) is 21.6. The Morgan fingerprint density at radius 2 is 1.89 bits per heavy atom. The minimum atomic E-state index is 0.647. The Kier molecular flexibility index (Phi) is 5.06. The van der Waals surface area contributed by atoms with E-state index in [0.717, 1.165) is 6.42 Å². The average Bonchev–Trinajstić information content (AvgIpc) is 2.65. The summed E-state index contributed by atoms with van der Waals surface area (Å²) in [5.74, 6) is 0. The van der Waals surface area contributed by atoms with E-state index in [1.807, 2.05) is 0 Å². The van der Waals surface area contributed by atoms with Crippen LogP contribution in [0.15, 0.2) is 24.3 Å². The van der Waals surface area contributed by atoms with Crippen molar-refractivity contribution in [1.82, 2.24) is 4.90 Å². The van der Waals surface area contributed by atoms with E-state index in [4.69, 9.17) is 0 Å². The van der Waals surface area contributed by atoms with Crippen molar-refractivity contribution in [3.05, 3.63) is 29.8 Å². The van der Waals surface area contributed by atoms with Crippen molar-refractivity contribution >= 4 is 5.69 Å². The minimum absolute atomic E-state index is 0.647. The highest BCUT2D eigenvalue weighted by Crippen LogP contribution is 2.17. The van der Waals surface area contributed by atoms with E-state index in [0.29, 0.717) is 6.04 Å². The van der Waals surface area contributed by atoms with Crippen LogP contribution in [0.1, 0.15) is 38.7 Å². The van der Waals surface area contributed by atoms with Crippen LogP contribution >= 0.6 is 0 Å². The van der Waals surface area contributed by atoms with Gasteiger partial charge in [0.25, 0.3) is 0 Å². The minimum Gasteiger partial charge on any atom is -0.382 e. The molecule has 100 valence electrons. The van der Waals surface area contributed by atoms with Crippen LogP contribution in [0.5, 0.6) is 0 Å². The molecule has 1 unspecified atom stereocenters. The monoisotopic (exact) mass is 246 g/mol. The molecular weight excluding hydrogens is 220 g/mol. The highest BCUT2D eigenvalue weighted by Gasteiger charge is 2.15. The molecule has 2 nitrogen and oxygen atoms in total. The summed E-state index contributed by atoms with van der Waals surface area (Å²) in [6.07, 6.45) is 5.00. The highest BCUT2D eigenvalue weighted by molar-refractivity contribution is 5.45. The van der Waals surface area contributed by atoms with Gasteiger partial charge in [-0.05, 0) is 56.5 Å². The molecule has 0 aliphatic carbocycles. The second-order valence-corrected chi connectivity index (χ2v) is 5.26. The van der Waals surface area contributed by atoms with Gasteiger partial charge >= 0.3 is 0 Å². The molecule has 1 aliphatic heterocycles. The number of hydrogen-bond donors (Lipinski definition) is 1. The fraction of sp³-hybridized carbons (Fsp3) is 0.625. The zero-order valence-corrected chi connectivity index (χ0v) is 11.8. The molecule has 1 atom stereocenters. The van der Waals surface area contributed by atoms with Gasteiger partial charge in [0.1, 0.15) is 0 Å². The summed E-state index contributed by atoms with van der Waals surface area (Å²) in [4.78, 5) is 2.56. The van der Waals surface area contributed by atoms with Gasteiger partial charge in [0.2, 0.25) is 0 Å². The summed E-state index contributed by atoms with van der Waals surface area (Å²) in [7, 11) is 0. The maximum atomic E-state index is 3.69. The lowest BCUT2D eigenvalue weighted by Crippen LogP contribution is -2.26. The lowest BCUT2D eigenvalue weighted by atomic mass is 10.1. The molecule has 0 amide bonds. The van der Waals surface area contributed by atoms with E-state index >= 15 is 0 Å². The number of hydrogen-bond acceptors (Lipinski definition) is 2. The molecule has 2 rings (SSSR count). The van der Waals surface area contributed by atoms with Crippen molar-refractivity contribution < 1.29 is 0 Å². The van der Waals surface area contributed by atoms with E-state index in [-0.39, 0.29) is 0 Å². The number of benzene rings is 1. The van der Waals surface area contributed by atoms with Crippen molar-refractivity contribution in [2.75, 3.05) is 25.0 Å². The first-order valence-corrected chi connectivity index (χ1v) is 7.39. The molecule has 18 heavy (non-hydrogen) atoms. The Labute approximate surface area is 111 Å². The van der Waals surface area contributed by atoms with Crippen LogP contribution in [0.2, 0.25) is 0 Å². The van der Waals surface area contributed by atoms with Gasteiger partial charge in [0, 0.05) is 18.3 Å². The van der Waals surface area contributed by atoms with Gasteiger partial charge < -0.3 is 10.2 Å². The molecule has 0 saturated carbocycles. The van der Waals surface area contributed by atoms with Gasteiger partial charge in [-0.15, -0.1) is 0 Å². The molecule has 0 spiro atoms. The second-order valence-electron chi connectivity index (χ2n) is 5.26. The first-order chi connectivity index (χ1) is 8.81. The molecule has 1 aromatic carbocycles. The Morgan fingerprint density at radius 1 is 1.11 bits per heavy atom. The lowest BCUT2D eigenvalue weighted by Gasteiger charge is -2.19. The number of aryl methyl sites for hydroxylation is 1. The number of rotatable bonds is 4. The maximum absolute atomic E-state index is 3.69. The summed E-state index contributed by atoms with van der Waals surface area (Å²) >= 11 is 0. The standard InChI is InChI=1S/C16H26N2/c1-3-14-7-9-16(10-8-14)17-15-6-5-12-18(4-2)13-11-15/h7-10,15,17H,3-6,11-13H2,1-2H3. The molecule has 1 aliphatic rings. The number of likely N-dealkylation sites (tertiary alicyclic amines) is 1. The van der Waals surface area contributed by atoms with E-state index in [9.17, 15) is 0 Å². The fourth-order valence-corrected chi connectivity index (χ4v) is 2.69. The first-order valence-electron chi connectivity index (χ1n) is 7.39. The summed E-state index contributed by atoms with van der Waals surface area (Å²) in [5, 5.41) is 3.69. The molecular formula is C16H26N2. The molecule has 1 saturated heterocycles. The van der Waals surface area contributed by atoms with Crippen molar-refractivity contribution in [3.63, 3.8) is 0 Å². The number of anilines is 1. The van der Waals surface area contributed by atoms with Crippen LogP contribution in [0, 0.1) is 0 Å². The summed E-state index contributed by atoms with van der Waals surface area (Å²) < 4.78 is 0. The maximum Gasteiger partial charge on any atom is 0.0342 e. The van der Waals surface area contributed by atoms with Crippen molar-refractivity contribution in [2.24, 2.45) is 0 Å². The van der Waals surface area contributed by atoms with E-state index in [1.54, 1.807) is 0 Å². The van der Waals surface area contributed by atoms with Gasteiger partial charge in [0.15, 0.2) is 0 Å². The van der Waals surface area contributed by atoms with Crippen LogP contribution in [-0.2, 0) is 6.42 Å². The van der Waals surface area contributed by atoms with Crippen LogP contribution in [0.3, 0.4) is 0 Å². The molecule has 1 aromatic rings. The third-order valence-corrected chi connectivity index (χ3v) is 4.00. The predicted octanol–water partition coefficient (Wildman–Crippen LogP) is 3.54. The van der Waals surface area contributed by atoms with Crippen molar-refractivity contribution in [3.8, 4) is 0 Å². The second kappa shape index (κ2) is 6.79. The topological polar surface area (TPSA) is 15.3 Å². The molecule has 1 N–H and O–H groups in total. The summed E-state index contributed by atoms with van der Waals surface area (Å²) in [5.41, 5.74) is 2.70. The van der Waals surface area contributed by atoms with E-state index in [2.05, 4.69) is 48.3 Å². The van der Waals surface area contributed by atoms with Gasteiger partial charge in [-0.3, -0.25) is 0 Å². The SMILES string of the molecule is CCc1ccc(NC2CCCN(CC)CC2)cc1. The predicted molar refractivity (Wildman–Crippen MR) is 79.2 cm³/mol. The third-order valence-electron chi connectivity index (χ3n) is 4.00. The molecule has 1 heterocycles. The van der Waals surface area contributed by atoms with Crippen LogP contribution < -0.4 is 5.32 Å². The van der Waals surface area contributed by atoms with Crippen molar-refractivity contribution in [1.29, 1.82) is 0 Å². The zero-order valence-electron chi connectivity index (χ0n) is 11.8. The summed E-state index contributed by atoms with van der Waals surface area (Å²) in [6, 6.07) is 9.56. The van der Waals surface area contributed by atoms with Gasteiger partial charge in [-0.1, -0.05) is 26.0 Å². The van der Waals surface area contributed by atoms with Crippen LogP contribution in [0.4, 0.5) is 5.69 Å². The summed E-state index contributed by atoms with van der Waals surface area (Å²) in [6.45, 7) is 8.16. The third kappa shape index (κ3) is 3.74. The van der Waals surface area contributed by atoms with Gasteiger partial charge in [-0.25, -0.2) is 0 Å². The smallest absolute Gasteiger partial charge is 0.0342 e. The largest absolute Gasteiger partial charge is 0.382 e. The molecule has 0 aromatic heterocycles. The van der Waals surface area contributed by atoms with E-state index in [1.165, 1.54) is 50.1 Å². The number of nitrogens with zero attached hydrogens (tertiary/aromatic N) is 1. The quantitative estimate of drug-likeness (QED) is 0.874. The molecule has 2 heteroatoms. The Bertz CT molecular complexity index is 345. The molecule has 0 bridgehead atoms. The van der Waals surface area contributed by atoms with Gasteiger partial charge in [0.05, 0.1) is 0 Å². The Morgan fingerprint density at radius 3 is 2.56 bits per heavy atom. The molecule has 0 radical (unpaired) electrons. The fourth-order valence-electron chi connectivity index (χ4n) is 2.69. The highest BCUT2D eigenvalue weighted by atomic mass is 15.1. The van der Waals surface area contributed by atoms with Crippen LogP contribution in [0.25, 0.3) is 0 Å². The first kappa shape index (κ1) is 13.4. The Balaban J connectivity index is 1.88. The average molecular weight is 246 g/mol. The number of nitrogens with one attached hydrogen (secondary N) is 1. The van der Waals surface area contributed by atoms with Gasteiger partial charge in [-0.2, -0.15) is 0 Å². The lowest BCUT2D eigenvalue weighted by molar-refractivity contribution is 0.300. The van der Waals surface area contributed by atoms with E-state index < -0.39 is 0 Å². The Hall–Kier alpha value is -1.02. The zero-order chi connectivity index (χ0) is 12.8. The van der Waals surface area contributed by atoms with Crippen molar-refractivity contribution in [2.45, 2.75) is 45.6 Å². The molecule has 1 fully saturated rings. The van der Waals surface area contributed by atoms with Crippen LogP contribution in [-0.4, -0.2) is 30.6 Å².